The van der Waals surface area contributed by atoms with Crippen molar-refractivity contribution < 1.29 is 9.53 Å². The molecule has 0 aromatic rings. The van der Waals surface area contributed by atoms with Crippen LogP contribution in [0.2, 0.25) is 0 Å². The molecule has 3 nitrogen and oxygen atoms in total. The minimum Gasteiger partial charge on any atom is -0.459 e. The summed E-state index contributed by atoms with van der Waals surface area (Å²) in [6.07, 6.45) is 1.06. The van der Waals surface area contributed by atoms with Crippen molar-refractivity contribution in [2.45, 2.75) is 39.3 Å². The Kier molecular flexibility index (Phi) is 3.09. The van der Waals surface area contributed by atoms with E-state index in [9.17, 15) is 4.79 Å². The van der Waals surface area contributed by atoms with Crippen LogP contribution in [-0.4, -0.2) is 36.1 Å². The summed E-state index contributed by atoms with van der Waals surface area (Å²) in [5.74, 6) is -0.0504. The van der Waals surface area contributed by atoms with E-state index in [4.69, 9.17) is 4.74 Å². The van der Waals surface area contributed by atoms with Crippen LogP contribution >= 0.6 is 0 Å². The Labute approximate surface area is 73.7 Å². The van der Waals surface area contributed by atoms with Crippen LogP contribution < -0.4 is 0 Å². The van der Waals surface area contributed by atoms with Crippen molar-refractivity contribution in [1.29, 1.82) is 0 Å². The number of rotatable bonds is 4. The largest absolute Gasteiger partial charge is 0.459 e. The molecule has 0 radical (unpaired) electrons. The second kappa shape index (κ2) is 3.90. The van der Waals surface area contributed by atoms with Crippen molar-refractivity contribution in [3.8, 4) is 0 Å². The molecule has 0 amide bonds. The van der Waals surface area contributed by atoms with Gasteiger partial charge in [0.15, 0.2) is 0 Å². The molecular weight excluding hydrogens is 154 g/mol. The summed E-state index contributed by atoms with van der Waals surface area (Å²) in [5.41, 5.74) is 0. The van der Waals surface area contributed by atoms with Gasteiger partial charge >= 0.3 is 5.97 Å². The number of carbonyl (C=O) groups is 1. The van der Waals surface area contributed by atoms with Gasteiger partial charge in [-0.2, -0.15) is 0 Å². The molecule has 70 valence electrons. The summed E-state index contributed by atoms with van der Waals surface area (Å²) >= 11 is 0. The Morgan fingerprint density at radius 1 is 1.33 bits per heavy atom. The number of hydrogen-bond donors (Lipinski definition) is 0. The Morgan fingerprint density at radius 2 is 1.92 bits per heavy atom. The molecule has 0 N–H and O–H groups in total. The molecule has 3 heteroatoms. The molecular formula is C9H17NO2. The second-order valence-corrected chi connectivity index (χ2v) is 3.05. The van der Waals surface area contributed by atoms with Crippen LogP contribution in [0.5, 0.6) is 0 Å². The third-order valence-corrected chi connectivity index (χ3v) is 2.47. The van der Waals surface area contributed by atoms with E-state index in [1.165, 1.54) is 0 Å². The molecule has 1 fully saturated rings. The van der Waals surface area contributed by atoms with Gasteiger partial charge in [-0.1, -0.05) is 20.8 Å². The summed E-state index contributed by atoms with van der Waals surface area (Å²) in [6.45, 7) is 8.04. The van der Waals surface area contributed by atoms with Gasteiger partial charge in [0, 0.05) is 0 Å². The first-order valence-electron chi connectivity index (χ1n) is 4.69. The van der Waals surface area contributed by atoms with E-state index >= 15 is 0 Å². The predicted octanol–water partition coefficient (Wildman–Crippen LogP) is 1.03. The van der Waals surface area contributed by atoms with Gasteiger partial charge in [0.25, 0.3) is 0 Å². The average Bonchev–Trinajstić information content (AvgIpc) is 2.09. The normalized spacial score (nSPS) is 28.5. The standard InChI is InChI=1S/C9H17NO2/c1-4-7-8(9(11)12-7)10(5-2)6-3/h7-8H,4-6H2,1-3H3. The van der Waals surface area contributed by atoms with E-state index in [1.807, 2.05) is 6.92 Å². The zero-order chi connectivity index (χ0) is 9.14. The lowest BCUT2D eigenvalue weighted by atomic mass is 10.0. The highest BCUT2D eigenvalue weighted by atomic mass is 16.6. The van der Waals surface area contributed by atoms with Gasteiger partial charge in [-0.15, -0.1) is 0 Å². The fourth-order valence-electron chi connectivity index (χ4n) is 1.67. The van der Waals surface area contributed by atoms with Gasteiger partial charge in [-0.05, 0) is 19.5 Å². The summed E-state index contributed by atoms with van der Waals surface area (Å²) in [7, 11) is 0. The molecule has 12 heavy (non-hydrogen) atoms. The first-order valence-corrected chi connectivity index (χ1v) is 4.69. The van der Waals surface area contributed by atoms with Gasteiger partial charge in [0.05, 0.1) is 0 Å². The van der Waals surface area contributed by atoms with E-state index < -0.39 is 0 Å². The number of nitrogens with zero attached hydrogens (tertiary/aromatic N) is 1. The van der Waals surface area contributed by atoms with Crippen LogP contribution in [0.4, 0.5) is 0 Å². The van der Waals surface area contributed by atoms with Crippen molar-refractivity contribution >= 4 is 5.97 Å². The number of carbonyl (C=O) groups excluding carboxylic acids is 1. The fourth-order valence-corrected chi connectivity index (χ4v) is 1.67. The van der Waals surface area contributed by atoms with Gasteiger partial charge < -0.3 is 4.74 Å². The molecule has 0 spiro atoms. The maximum Gasteiger partial charge on any atom is 0.327 e. The molecule has 0 aliphatic carbocycles. The summed E-state index contributed by atoms with van der Waals surface area (Å²) in [6, 6.07) is 0.0324. The second-order valence-electron chi connectivity index (χ2n) is 3.05. The van der Waals surface area contributed by atoms with E-state index in [-0.39, 0.29) is 18.1 Å². The number of hydrogen-bond acceptors (Lipinski definition) is 3. The average molecular weight is 171 g/mol. The smallest absolute Gasteiger partial charge is 0.327 e. The van der Waals surface area contributed by atoms with E-state index in [2.05, 4.69) is 18.7 Å². The minimum atomic E-state index is -0.0504. The maximum atomic E-state index is 11.1. The molecule has 1 aliphatic heterocycles. The third-order valence-electron chi connectivity index (χ3n) is 2.47. The van der Waals surface area contributed by atoms with Gasteiger partial charge in [-0.3, -0.25) is 9.69 Å². The summed E-state index contributed by atoms with van der Waals surface area (Å²) < 4.78 is 5.00. The van der Waals surface area contributed by atoms with Crippen molar-refractivity contribution in [1.82, 2.24) is 4.90 Å². The van der Waals surface area contributed by atoms with Crippen LogP contribution in [0, 0.1) is 0 Å². The number of likely N-dealkylation sites (N-methyl/N-ethyl adjacent to an activating group) is 1. The van der Waals surface area contributed by atoms with Gasteiger partial charge in [0.1, 0.15) is 12.1 Å². The molecule has 0 aromatic heterocycles. The number of esters is 1. The predicted molar refractivity (Wildman–Crippen MR) is 46.9 cm³/mol. The molecule has 1 saturated heterocycles. The van der Waals surface area contributed by atoms with Crippen LogP contribution in [0.3, 0.4) is 0 Å². The first kappa shape index (κ1) is 9.52. The highest BCUT2D eigenvalue weighted by Gasteiger charge is 2.44. The SMILES string of the molecule is CCC1OC(=O)C1N(CC)CC. The lowest BCUT2D eigenvalue weighted by Gasteiger charge is -2.41. The lowest BCUT2D eigenvalue weighted by molar-refractivity contribution is -0.188. The minimum absolute atomic E-state index is 0.0324. The van der Waals surface area contributed by atoms with Gasteiger partial charge in [-0.25, -0.2) is 0 Å². The molecule has 1 heterocycles. The maximum absolute atomic E-state index is 11.1. The molecule has 0 aromatic carbocycles. The van der Waals surface area contributed by atoms with Crippen LogP contribution in [0.1, 0.15) is 27.2 Å². The highest BCUT2D eigenvalue weighted by Crippen LogP contribution is 2.22. The quantitative estimate of drug-likeness (QED) is 0.592. The van der Waals surface area contributed by atoms with Crippen molar-refractivity contribution in [2.75, 3.05) is 13.1 Å². The monoisotopic (exact) mass is 171 g/mol. The Morgan fingerprint density at radius 3 is 2.25 bits per heavy atom. The highest BCUT2D eigenvalue weighted by molar-refractivity contribution is 5.82. The summed E-state index contributed by atoms with van der Waals surface area (Å²) in [4.78, 5) is 13.2. The molecule has 2 unspecified atom stereocenters. The molecule has 1 rings (SSSR count). The van der Waals surface area contributed by atoms with Crippen molar-refractivity contribution in [2.24, 2.45) is 0 Å². The topological polar surface area (TPSA) is 29.5 Å². The van der Waals surface area contributed by atoms with Crippen LogP contribution in [0.25, 0.3) is 0 Å². The first-order chi connectivity index (χ1) is 5.74. The summed E-state index contributed by atoms with van der Waals surface area (Å²) in [5, 5.41) is 0. The zero-order valence-electron chi connectivity index (χ0n) is 8.04. The Hall–Kier alpha value is -0.570. The molecule has 0 bridgehead atoms. The van der Waals surface area contributed by atoms with Crippen LogP contribution in [-0.2, 0) is 9.53 Å². The Bertz CT molecular complexity index is 166. The Balaban J connectivity index is 2.52. The zero-order valence-corrected chi connectivity index (χ0v) is 8.04. The van der Waals surface area contributed by atoms with Crippen LogP contribution in [0.15, 0.2) is 0 Å². The van der Waals surface area contributed by atoms with E-state index in [1.54, 1.807) is 0 Å². The number of cyclic esters (lactones) is 1. The molecule has 2 atom stereocenters. The molecule has 1 aliphatic rings. The lowest BCUT2D eigenvalue weighted by Crippen LogP contribution is -2.59. The molecule has 0 saturated carbocycles. The van der Waals surface area contributed by atoms with E-state index in [0.717, 1.165) is 19.5 Å². The van der Waals surface area contributed by atoms with Crippen molar-refractivity contribution in [3.05, 3.63) is 0 Å². The van der Waals surface area contributed by atoms with Gasteiger partial charge in [0.2, 0.25) is 0 Å². The van der Waals surface area contributed by atoms with E-state index in [0.29, 0.717) is 0 Å². The number of ether oxygens (including phenoxy) is 1. The fraction of sp³-hybridized carbons (Fsp3) is 0.889. The third kappa shape index (κ3) is 1.46. The van der Waals surface area contributed by atoms with Crippen molar-refractivity contribution in [3.63, 3.8) is 0 Å².